The van der Waals surface area contributed by atoms with Crippen molar-refractivity contribution in [1.82, 2.24) is 15.1 Å². The van der Waals surface area contributed by atoms with Crippen LogP contribution in [0.15, 0.2) is 42.7 Å². The summed E-state index contributed by atoms with van der Waals surface area (Å²) in [6.07, 6.45) is 7.34. The number of nitrogens with one attached hydrogen (secondary N) is 1. The summed E-state index contributed by atoms with van der Waals surface area (Å²) in [4.78, 5) is 12.2. The molecular weight excluding hydrogens is 330 g/mol. The summed E-state index contributed by atoms with van der Waals surface area (Å²) in [5, 5.41) is 7.47. The maximum atomic E-state index is 12.2. The summed E-state index contributed by atoms with van der Waals surface area (Å²) in [7, 11) is 0. The van der Waals surface area contributed by atoms with Gasteiger partial charge in [0.05, 0.1) is 11.4 Å². The molecule has 1 aromatic heterocycles. The Morgan fingerprint density at radius 2 is 2.08 bits per heavy atom. The van der Waals surface area contributed by atoms with E-state index < -0.39 is 0 Å². The molecule has 1 heterocycles. The van der Waals surface area contributed by atoms with Gasteiger partial charge in [-0.25, -0.2) is 4.68 Å². The van der Waals surface area contributed by atoms with Crippen molar-refractivity contribution in [1.29, 1.82) is 0 Å². The fourth-order valence-electron chi connectivity index (χ4n) is 3.46. The largest absolute Gasteiger partial charge is 0.352 e. The molecule has 5 heteroatoms. The van der Waals surface area contributed by atoms with E-state index in [4.69, 9.17) is 0 Å². The zero-order valence-corrected chi connectivity index (χ0v) is 15.8. The molecule has 1 aliphatic carbocycles. The Morgan fingerprint density at radius 3 is 2.80 bits per heavy atom. The molecule has 1 amide bonds. The standard InChI is InChI=1S/C20H27N3OS/c1-15-5-3-6-19(16(15)2)22-20(24)14-25-13-17-7-9-18(10-8-17)23-12-4-11-21-23/h4,7-12,15-16,19H,3,5-6,13-14H2,1-2H3,(H,22,24)/t15-,16+,19-/m1/s1. The third-order valence-corrected chi connectivity index (χ3v) is 6.26. The summed E-state index contributed by atoms with van der Waals surface area (Å²) in [6.45, 7) is 4.56. The van der Waals surface area contributed by atoms with Gasteiger partial charge in [0.25, 0.3) is 0 Å². The number of nitrogens with zero attached hydrogens (tertiary/aromatic N) is 2. The van der Waals surface area contributed by atoms with E-state index in [1.165, 1.54) is 18.4 Å². The van der Waals surface area contributed by atoms with Crippen molar-refractivity contribution in [3.63, 3.8) is 0 Å². The Morgan fingerprint density at radius 1 is 1.28 bits per heavy atom. The van der Waals surface area contributed by atoms with Crippen LogP contribution in [0.1, 0.15) is 38.7 Å². The van der Waals surface area contributed by atoms with Crippen LogP contribution in [-0.2, 0) is 10.5 Å². The molecule has 4 nitrogen and oxygen atoms in total. The summed E-state index contributed by atoms with van der Waals surface area (Å²) in [5.74, 6) is 2.84. The predicted octanol–water partition coefficient (Wildman–Crippen LogP) is 4.05. The van der Waals surface area contributed by atoms with Gasteiger partial charge in [0, 0.05) is 24.2 Å². The van der Waals surface area contributed by atoms with Crippen molar-refractivity contribution in [3.05, 3.63) is 48.3 Å². The van der Waals surface area contributed by atoms with Gasteiger partial charge in [-0.1, -0.05) is 38.8 Å². The van der Waals surface area contributed by atoms with Crippen molar-refractivity contribution in [2.45, 2.75) is 44.9 Å². The van der Waals surface area contributed by atoms with E-state index in [0.717, 1.165) is 17.9 Å². The number of benzene rings is 1. The molecule has 1 N–H and O–H groups in total. The van der Waals surface area contributed by atoms with Gasteiger partial charge in [0.2, 0.25) is 5.91 Å². The lowest BCUT2D eigenvalue weighted by atomic mass is 9.78. The van der Waals surface area contributed by atoms with Gasteiger partial charge in [0.1, 0.15) is 0 Å². The van der Waals surface area contributed by atoms with Crippen LogP contribution in [0, 0.1) is 11.8 Å². The van der Waals surface area contributed by atoms with Crippen LogP contribution in [-0.4, -0.2) is 27.5 Å². The summed E-state index contributed by atoms with van der Waals surface area (Å²) < 4.78 is 1.84. The first kappa shape index (κ1) is 18.1. The van der Waals surface area contributed by atoms with E-state index in [-0.39, 0.29) is 5.91 Å². The van der Waals surface area contributed by atoms with Gasteiger partial charge >= 0.3 is 0 Å². The van der Waals surface area contributed by atoms with E-state index in [1.54, 1.807) is 18.0 Å². The highest BCUT2D eigenvalue weighted by Crippen LogP contribution is 2.29. The summed E-state index contributed by atoms with van der Waals surface area (Å²) in [6, 6.07) is 10.6. The zero-order chi connectivity index (χ0) is 17.6. The monoisotopic (exact) mass is 357 g/mol. The zero-order valence-electron chi connectivity index (χ0n) is 15.0. The second-order valence-electron chi connectivity index (χ2n) is 7.05. The molecule has 134 valence electrons. The van der Waals surface area contributed by atoms with Gasteiger partial charge in [-0.15, -0.1) is 11.8 Å². The number of hydrogen-bond acceptors (Lipinski definition) is 3. The minimum absolute atomic E-state index is 0.170. The number of amides is 1. The third-order valence-electron chi connectivity index (χ3n) is 5.26. The van der Waals surface area contributed by atoms with Crippen LogP contribution in [0.5, 0.6) is 0 Å². The Labute approximate surface area is 154 Å². The highest BCUT2D eigenvalue weighted by molar-refractivity contribution is 7.99. The number of aromatic nitrogens is 2. The third kappa shape index (κ3) is 4.88. The van der Waals surface area contributed by atoms with E-state index >= 15 is 0 Å². The van der Waals surface area contributed by atoms with Crippen LogP contribution >= 0.6 is 11.8 Å². The molecule has 1 aliphatic rings. The van der Waals surface area contributed by atoms with Crippen molar-refractivity contribution < 1.29 is 4.79 Å². The van der Waals surface area contributed by atoms with E-state index in [1.807, 2.05) is 16.9 Å². The smallest absolute Gasteiger partial charge is 0.230 e. The van der Waals surface area contributed by atoms with E-state index in [2.05, 4.69) is 48.5 Å². The highest BCUT2D eigenvalue weighted by Gasteiger charge is 2.27. The van der Waals surface area contributed by atoms with Gasteiger partial charge in [-0.05, 0) is 42.0 Å². The normalized spacial score (nSPS) is 23.4. The number of carbonyl (C=O) groups is 1. The molecule has 0 aliphatic heterocycles. The molecule has 0 bridgehead atoms. The molecule has 0 saturated heterocycles. The molecule has 2 aromatic rings. The second kappa shape index (κ2) is 8.56. The van der Waals surface area contributed by atoms with Gasteiger partial charge in [-0.2, -0.15) is 5.10 Å². The minimum Gasteiger partial charge on any atom is -0.352 e. The van der Waals surface area contributed by atoms with E-state index in [9.17, 15) is 4.79 Å². The van der Waals surface area contributed by atoms with Crippen molar-refractivity contribution in [3.8, 4) is 5.69 Å². The first-order chi connectivity index (χ1) is 12.1. The fraction of sp³-hybridized carbons (Fsp3) is 0.500. The number of hydrogen-bond donors (Lipinski definition) is 1. The molecule has 0 spiro atoms. The lowest BCUT2D eigenvalue weighted by Crippen LogP contribution is -2.44. The number of rotatable bonds is 6. The molecular formula is C20H27N3OS. The van der Waals surface area contributed by atoms with Crippen molar-refractivity contribution in [2.75, 3.05) is 5.75 Å². The Bertz CT molecular complexity index is 669. The first-order valence-corrected chi connectivity index (χ1v) is 10.2. The van der Waals surface area contributed by atoms with E-state index in [0.29, 0.717) is 23.6 Å². The molecule has 3 rings (SSSR count). The number of carbonyl (C=O) groups excluding carboxylic acids is 1. The van der Waals surface area contributed by atoms with Crippen LogP contribution < -0.4 is 5.32 Å². The Kier molecular flexibility index (Phi) is 6.19. The minimum atomic E-state index is 0.170. The maximum absolute atomic E-state index is 12.2. The van der Waals surface area contributed by atoms with Gasteiger partial charge < -0.3 is 5.32 Å². The Hall–Kier alpha value is -1.75. The van der Waals surface area contributed by atoms with Gasteiger partial charge in [-0.3, -0.25) is 4.79 Å². The SMILES string of the molecule is C[C@H]1[C@H](C)CCC[C@H]1NC(=O)CSCc1ccc(-n2cccn2)cc1. The molecule has 0 radical (unpaired) electrons. The maximum Gasteiger partial charge on any atom is 0.230 e. The first-order valence-electron chi connectivity index (χ1n) is 9.09. The van der Waals surface area contributed by atoms with Crippen LogP contribution in [0.3, 0.4) is 0 Å². The van der Waals surface area contributed by atoms with Crippen LogP contribution in [0.4, 0.5) is 0 Å². The molecule has 1 saturated carbocycles. The molecule has 25 heavy (non-hydrogen) atoms. The average molecular weight is 358 g/mol. The summed E-state index contributed by atoms with van der Waals surface area (Å²) in [5.41, 5.74) is 2.28. The van der Waals surface area contributed by atoms with Crippen LogP contribution in [0.2, 0.25) is 0 Å². The highest BCUT2D eigenvalue weighted by atomic mass is 32.2. The molecule has 3 atom stereocenters. The van der Waals surface area contributed by atoms with Crippen molar-refractivity contribution in [2.24, 2.45) is 11.8 Å². The predicted molar refractivity (Wildman–Crippen MR) is 104 cm³/mol. The Balaban J connectivity index is 1.42. The average Bonchev–Trinajstić information content (AvgIpc) is 3.14. The number of thioether (sulfide) groups is 1. The molecule has 1 fully saturated rings. The fourth-order valence-corrected chi connectivity index (χ4v) is 4.26. The lowest BCUT2D eigenvalue weighted by molar-refractivity contribution is -0.119. The molecule has 1 aromatic carbocycles. The molecule has 0 unspecified atom stereocenters. The topological polar surface area (TPSA) is 46.9 Å². The quantitative estimate of drug-likeness (QED) is 0.848. The summed E-state index contributed by atoms with van der Waals surface area (Å²) >= 11 is 1.67. The second-order valence-corrected chi connectivity index (χ2v) is 8.04. The van der Waals surface area contributed by atoms with Crippen molar-refractivity contribution >= 4 is 17.7 Å². The van der Waals surface area contributed by atoms with Gasteiger partial charge in [0.15, 0.2) is 0 Å². The lowest BCUT2D eigenvalue weighted by Gasteiger charge is -2.34. The van der Waals surface area contributed by atoms with Crippen LogP contribution in [0.25, 0.3) is 5.69 Å².